The fourth-order valence-corrected chi connectivity index (χ4v) is 3.71. The Hall–Kier alpha value is -4.50. The maximum atomic E-state index is 13.2. The average Bonchev–Trinajstić information content (AvgIpc) is 2.82. The van der Waals surface area contributed by atoms with E-state index in [0.29, 0.717) is 27.4 Å². The van der Waals surface area contributed by atoms with Gasteiger partial charge in [0.25, 0.3) is 17.5 Å². The zero-order valence-electron chi connectivity index (χ0n) is 18.4. The highest BCUT2D eigenvalue weighted by Crippen LogP contribution is 2.29. The van der Waals surface area contributed by atoms with Crippen LogP contribution in [0, 0.1) is 17.0 Å². The molecule has 0 spiro atoms. The molecule has 1 fully saturated rings. The molecule has 0 radical (unpaired) electrons. The number of nitrogens with zero attached hydrogens (tertiary/aromatic N) is 2. The number of ether oxygens (including phenoxy) is 1. The first-order valence-electron chi connectivity index (χ1n) is 10.4. The number of nitro benzene ring substituents is 1. The summed E-state index contributed by atoms with van der Waals surface area (Å²) in [7, 11) is 0. The van der Waals surface area contributed by atoms with Gasteiger partial charge >= 0.3 is 6.03 Å². The number of imide groups is 2. The van der Waals surface area contributed by atoms with Gasteiger partial charge in [0, 0.05) is 22.7 Å². The average molecular weight is 492 g/mol. The second-order valence-corrected chi connectivity index (χ2v) is 8.08. The fraction of sp³-hybridized carbons (Fsp3) is 0.0800. The van der Waals surface area contributed by atoms with Gasteiger partial charge in [-0.2, -0.15) is 0 Å². The van der Waals surface area contributed by atoms with E-state index in [1.807, 2.05) is 0 Å². The molecule has 176 valence electrons. The summed E-state index contributed by atoms with van der Waals surface area (Å²) >= 11 is 6.14. The minimum absolute atomic E-state index is 0.00650. The zero-order chi connectivity index (χ0) is 25.1. The number of nitro groups is 1. The van der Waals surface area contributed by atoms with Gasteiger partial charge in [-0.15, -0.1) is 0 Å². The lowest BCUT2D eigenvalue weighted by Crippen LogP contribution is -2.54. The fourth-order valence-electron chi connectivity index (χ4n) is 3.53. The van der Waals surface area contributed by atoms with Crippen LogP contribution < -0.4 is 15.0 Å². The molecule has 1 N–H and O–H groups in total. The molecule has 1 saturated heterocycles. The van der Waals surface area contributed by atoms with E-state index in [1.165, 1.54) is 24.3 Å². The molecular weight excluding hydrogens is 474 g/mol. The number of anilines is 1. The highest BCUT2D eigenvalue weighted by atomic mass is 35.5. The second-order valence-electron chi connectivity index (χ2n) is 7.64. The van der Waals surface area contributed by atoms with E-state index >= 15 is 0 Å². The Morgan fingerprint density at radius 2 is 1.83 bits per heavy atom. The van der Waals surface area contributed by atoms with Gasteiger partial charge < -0.3 is 4.74 Å². The van der Waals surface area contributed by atoms with Crippen LogP contribution in [0.15, 0.2) is 72.3 Å². The van der Waals surface area contributed by atoms with Gasteiger partial charge in [0.15, 0.2) is 0 Å². The number of carbonyl (C=O) groups is 3. The molecule has 0 bridgehead atoms. The Balaban J connectivity index is 1.67. The smallest absolute Gasteiger partial charge is 0.335 e. The largest absolute Gasteiger partial charge is 0.488 e. The standard InChI is InChI=1S/C25H18ClN3O6/c1-15-5-2-3-8-21(15)28-24(31)20(23(30)27-25(28)32)13-17-12-18(26)9-10-22(17)35-14-16-6-4-7-19(11-16)29(33)34/h2-13H,14H2,1H3,(H,27,30,32)/b20-13+. The van der Waals surface area contributed by atoms with E-state index in [0.717, 1.165) is 4.90 Å². The molecule has 0 atom stereocenters. The number of nitrogens with one attached hydrogen (secondary N) is 1. The van der Waals surface area contributed by atoms with Crippen molar-refractivity contribution < 1.29 is 24.0 Å². The van der Waals surface area contributed by atoms with E-state index in [-0.39, 0.29) is 23.6 Å². The number of non-ortho nitro benzene ring substituents is 1. The van der Waals surface area contributed by atoms with Gasteiger partial charge in [-0.05, 0) is 48.4 Å². The number of carbonyl (C=O) groups excluding carboxylic acids is 3. The van der Waals surface area contributed by atoms with Crippen LogP contribution in [0.5, 0.6) is 5.75 Å². The van der Waals surface area contributed by atoms with Crippen LogP contribution in [0.2, 0.25) is 5.02 Å². The third kappa shape index (κ3) is 5.04. The third-order valence-electron chi connectivity index (χ3n) is 5.25. The Morgan fingerprint density at radius 1 is 1.06 bits per heavy atom. The molecule has 3 aromatic carbocycles. The third-order valence-corrected chi connectivity index (χ3v) is 5.48. The van der Waals surface area contributed by atoms with Crippen molar-refractivity contribution >= 4 is 46.9 Å². The number of aryl methyl sites for hydroxylation is 1. The van der Waals surface area contributed by atoms with Crippen molar-refractivity contribution in [3.8, 4) is 5.75 Å². The zero-order valence-corrected chi connectivity index (χ0v) is 19.1. The molecule has 1 aliphatic rings. The lowest BCUT2D eigenvalue weighted by Gasteiger charge is -2.27. The van der Waals surface area contributed by atoms with Gasteiger partial charge in [0.05, 0.1) is 10.6 Å². The maximum absolute atomic E-state index is 13.2. The number of para-hydroxylation sites is 1. The van der Waals surface area contributed by atoms with E-state index in [1.54, 1.807) is 55.5 Å². The number of amides is 4. The van der Waals surface area contributed by atoms with E-state index in [2.05, 4.69) is 5.32 Å². The molecule has 9 nitrogen and oxygen atoms in total. The van der Waals surface area contributed by atoms with Crippen LogP contribution in [-0.4, -0.2) is 22.8 Å². The molecule has 0 unspecified atom stereocenters. The van der Waals surface area contributed by atoms with Gasteiger partial charge in [-0.3, -0.25) is 25.0 Å². The molecule has 1 heterocycles. The van der Waals surface area contributed by atoms with Gasteiger partial charge in [-0.1, -0.05) is 41.9 Å². The van der Waals surface area contributed by atoms with Gasteiger partial charge in [0.2, 0.25) is 0 Å². The molecule has 35 heavy (non-hydrogen) atoms. The van der Waals surface area contributed by atoms with Crippen molar-refractivity contribution in [2.75, 3.05) is 4.90 Å². The summed E-state index contributed by atoms with van der Waals surface area (Å²) in [6.45, 7) is 1.74. The van der Waals surface area contributed by atoms with Gasteiger partial charge in [0.1, 0.15) is 17.9 Å². The van der Waals surface area contributed by atoms with Crippen molar-refractivity contribution in [3.63, 3.8) is 0 Å². The van der Waals surface area contributed by atoms with Crippen LogP contribution in [0.3, 0.4) is 0 Å². The first-order valence-corrected chi connectivity index (χ1v) is 10.7. The van der Waals surface area contributed by atoms with Crippen molar-refractivity contribution in [1.82, 2.24) is 5.32 Å². The first-order chi connectivity index (χ1) is 16.7. The first kappa shape index (κ1) is 23.7. The molecule has 1 aliphatic heterocycles. The Bertz CT molecular complexity index is 1400. The summed E-state index contributed by atoms with van der Waals surface area (Å²) < 4.78 is 5.83. The molecular formula is C25H18ClN3O6. The minimum atomic E-state index is -0.852. The van der Waals surface area contributed by atoms with Crippen molar-refractivity contribution in [1.29, 1.82) is 0 Å². The summed E-state index contributed by atoms with van der Waals surface area (Å²) in [4.78, 5) is 49.7. The summed E-state index contributed by atoms with van der Waals surface area (Å²) in [5, 5.41) is 13.5. The number of hydrogen-bond acceptors (Lipinski definition) is 6. The lowest BCUT2D eigenvalue weighted by atomic mass is 10.0. The Labute approximate surface area is 204 Å². The van der Waals surface area contributed by atoms with Crippen LogP contribution in [0.4, 0.5) is 16.2 Å². The molecule has 10 heteroatoms. The Morgan fingerprint density at radius 3 is 2.57 bits per heavy atom. The molecule has 4 rings (SSSR count). The van der Waals surface area contributed by atoms with E-state index in [4.69, 9.17) is 16.3 Å². The number of benzene rings is 3. The SMILES string of the molecule is Cc1ccccc1N1C(=O)NC(=O)/C(=C\c2cc(Cl)ccc2OCc2cccc([N+](=O)[O-])c2)C1=O. The van der Waals surface area contributed by atoms with E-state index < -0.39 is 22.8 Å². The number of hydrogen-bond donors (Lipinski definition) is 1. The molecule has 3 aromatic rings. The normalized spacial score (nSPS) is 14.7. The van der Waals surface area contributed by atoms with Crippen molar-refractivity contribution in [2.45, 2.75) is 13.5 Å². The van der Waals surface area contributed by atoms with Crippen molar-refractivity contribution in [2.24, 2.45) is 0 Å². The van der Waals surface area contributed by atoms with Gasteiger partial charge in [-0.25, -0.2) is 9.69 Å². The number of barbiturate groups is 1. The molecule has 4 amide bonds. The monoisotopic (exact) mass is 491 g/mol. The predicted molar refractivity (Wildman–Crippen MR) is 129 cm³/mol. The molecule has 0 saturated carbocycles. The van der Waals surface area contributed by atoms with E-state index in [9.17, 15) is 24.5 Å². The van der Waals surface area contributed by atoms with Crippen LogP contribution in [0.25, 0.3) is 6.08 Å². The quantitative estimate of drug-likeness (QED) is 0.229. The topological polar surface area (TPSA) is 119 Å². The highest BCUT2D eigenvalue weighted by molar-refractivity contribution is 6.39. The number of urea groups is 1. The molecule has 0 aliphatic carbocycles. The second kappa shape index (κ2) is 9.78. The highest BCUT2D eigenvalue weighted by Gasteiger charge is 2.37. The van der Waals surface area contributed by atoms with Crippen LogP contribution in [-0.2, 0) is 16.2 Å². The number of rotatable bonds is 6. The van der Waals surface area contributed by atoms with Crippen molar-refractivity contribution in [3.05, 3.63) is 104 Å². The summed E-state index contributed by atoms with van der Waals surface area (Å²) in [6.07, 6.45) is 1.30. The minimum Gasteiger partial charge on any atom is -0.488 e. The number of halogens is 1. The summed E-state index contributed by atoms with van der Waals surface area (Å²) in [6, 6.07) is 16.6. The Kier molecular flexibility index (Phi) is 6.61. The summed E-state index contributed by atoms with van der Waals surface area (Å²) in [5.74, 6) is -1.36. The predicted octanol–water partition coefficient (Wildman–Crippen LogP) is 4.80. The maximum Gasteiger partial charge on any atom is 0.335 e. The molecule has 0 aromatic heterocycles. The summed E-state index contributed by atoms with van der Waals surface area (Å²) in [5.41, 5.74) is 1.54. The van der Waals surface area contributed by atoms with Crippen LogP contribution in [0.1, 0.15) is 16.7 Å². The van der Waals surface area contributed by atoms with Crippen LogP contribution >= 0.6 is 11.6 Å². The lowest BCUT2D eigenvalue weighted by molar-refractivity contribution is -0.384.